The van der Waals surface area contributed by atoms with Gasteiger partial charge >= 0.3 is 0 Å². The monoisotopic (exact) mass is 358 g/mol. The lowest BCUT2D eigenvalue weighted by Crippen LogP contribution is -2.12. The minimum Gasteiger partial charge on any atom is -0.393 e. The van der Waals surface area contributed by atoms with Crippen LogP contribution in [0.3, 0.4) is 0 Å². The number of nitrogens with zero attached hydrogens (tertiary/aromatic N) is 2. The summed E-state index contributed by atoms with van der Waals surface area (Å²) >= 11 is 1.16. The number of hydrogen-bond acceptors (Lipinski definition) is 6. The highest BCUT2D eigenvalue weighted by Gasteiger charge is 2.17. The van der Waals surface area contributed by atoms with Crippen molar-refractivity contribution in [3.63, 3.8) is 0 Å². The average molecular weight is 358 g/mol. The minimum atomic E-state index is -0.655. The predicted octanol–water partition coefficient (Wildman–Crippen LogP) is 3.69. The van der Waals surface area contributed by atoms with E-state index in [1.165, 1.54) is 24.3 Å². The normalized spacial score (nSPS) is 10.4. The first-order valence-corrected chi connectivity index (χ1v) is 7.89. The van der Waals surface area contributed by atoms with E-state index in [-0.39, 0.29) is 22.8 Å². The molecule has 0 radical (unpaired) electrons. The van der Waals surface area contributed by atoms with Crippen LogP contribution in [0.1, 0.15) is 10.4 Å². The molecule has 3 aromatic rings. The summed E-state index contributed by atoms with van der Waals surface area (Å²) < 4.78 is 13.3. The Morgan fingerprint density at radius 2 is 2.08 bits per heavy atom. The van der Waals surface area contributed by atoms with Crippen molar-refractivity contribution < 1.29 is 14.1 Å². The summed E-state index contributed by atoms with van der Waals surface area (Å²) in [6.45, 7) is 0. The fourth-order valence-electron chi connectivity index (χ4n) is 2.12. The van der Waals surface area contributed by atoms with Crippen molar-refractivity contribution in [1.29, 1.82) is 0 Å². The van der Waals surface area contributed by atoms with Gasteiger partial charge in [-0.15, -0.1) is 11.3 Å². The van der Waals surface area contributed by atoms with Gasteiger partial charge in [0.2, 0.25) is 0 Å². The Hall–Kier alpha value is -3.33. The number of rotatable bonds is 4. The van der Waals surface area contributed by atoms with E-state index < -0.39 is 10.8 Å². The Labute approximate surface area is 145 Å². The van der Waals surface area contributed by atoms with E-state index in [0.717, 1.165) is 17.4 Å². The zero-order valence-corrected chi connectivity index (χ0v) is 13.4. The Morgan fingerprint density at radius 1 is 1.28 bits per heavy atom. The summed E-state index contributed by atoms with van der Waals surface area (Å²) in [6, 6.07) is 9.72. The number of amides is 1. The molecule has 0 aliphatic carbocycles. The number of thiazole rings is 1. The van der Waals surface area contributed by atoms with Crippen molar-refractivity contribution in [2.45, 2.75) is 0 Å². The molecule has 0 unspecified atom stereocenters. The first-order chi connectivity index (χ1) is 11.9. The predicted molar refractivity (Wildman–Crippen MR) is 93.0 cm³/mol. The van der Waals surface area contributed by atoms with Crippen molar-refractivity contribution in [1.82, 2.24) is 4.98 Å². The Morgan fingerprint density at radius 3 is 2.80 bits per heavy atom. The molecule has 2 aromatic carbocycles. The average Bonchev–Trinajstić information content (AvgIpc) is 3.03. The van der Waals surface area contributed by atoms with Crippen LogP contribution in [-0.2, 0) is 0 Å². The molecular formula is C16H11FN4O3S. The van der Waals surface area contributed by atoms with Crippen LogP contribution in [0.15, 0.2) is 47.8 Å². The molecule has 0 atom stereocenters. The third-order valence-corrected chi connectivity index (χ3v) is 4.09. The van der Waals surface area contributed by atoms with Gasteiger partial charge < -0.3 is 5.73 Å². The molecule has 0 aliphatic rings. The number of benzene rings is 2. The first kappa shape index (κ1) is 16.5. The highest BCUT2D eigenvalue weighted by molar-refractivity contribution is 7.14. The topological polar surface area (TPSA) is 111 Å². The number of nitro groups is 1. The van der Waals surface area contributed by atoms with Gasteiger partial charge in [0.05, 0.1) is 10.6 Å². The standard InChI is InChI=1S/C16H11FN4O3S/c17-11-3-1-2-9(6-11)13-8-25-16(19-13)20-15(22)10-4-5-12(18)14(7-10)21(23)24/h1-8H,18H2,(H,19,20,22). The van der Waals surface area contributed by atoms with Crippen molar-refractivity contribution in [3.8, 4) is 11.3 Å². The molecule has 1 aromatic heterocycles. The van der Waals surface area contributed by atoms with Gasteiger partial charge in [-0.1, -0.05) is 12.1 Å². The van der Waals surface area contributed by atoms with Gasteiger partial charge in [-0.05, 0) is 24.3 Å². The van der Waals surface area contributed by atoms with Crippen molar-refractivity contribution >= 4 is 33.8 Å². The van der Waals surface area contributed by atoms with Gasteiger partial charge in [-0.25, -0.2) is 9.37 Å². The smallest absolute Gasteiger partial charge is 0.292 e. The van der Waals surface area contributed by atoms with Crippen LogP contribution < -0.4 is 11.1 Å². The second-order valence-electron chi connectivity index (χ2n) is 5.03. The number of nitrogen functional groups attached to an aromatic ring is 1. The van der Waals surface area contributed by atoms with E-state index in [4.69, 9.17) is 5.73 Å². The largest absolute Gasteiger partial charge is 0.393 e. The maximum Gasteiger partial charge on any atom is 0.292 e. The third-order valence-electron chi connectivity index (χ3n) is 3.33. The SMILES string of the molecule is Nc1ccc(C(=O)Nc2nc(-c3cccc(F)c3)cs2)cc1[N+](=O)[O-]. The lowest BCUT2D eigenvalue weighted by molar-refractivity contribution is -0.383. The van der Waals surface area contributed by atoms with Gasteiger partial charge in [0.25, 0.3) is 11.6 Å². The van der Waals surface area contributed by atoms with Gasteiger partial charge in [0.15, 0.2) is 5.13 Å². The first-order valence-electron chi connectivity index (χ1n) is 7.01. The molecule has 126 valence electrons. The molecule has 0 spiro atoms. The van der Waals surface area contributed by atoms with Gasteiger partial charge in [-0.2, -0.15) is 0 Å². The third kappa shape index (κ3) is 3.61. The van der Waals surface area contributed by atoms with Crippen LogP contribution >= 0.6 is 11.3 Å². The van der Waals surface area contributed by atoms with Crippen LogP contribution in [0.5, 0.6) is 0 Å². The fraction of sp³-hybridized carbons (Fsp3) is 0. The molecular weight excluding hydrogens is 347 g/mol. The van der Waals surface area contributed by atoms with Crippen LogP contribution in [0, 0.1) is 15.9 Å². The summed E-state index contributed by atoms with van der Waals surface area (Å²) in [6.07, 6.45) is 0. The van der Waals surface area contributed by atoms with E-state index in [1.807, 2.05) is 0 Å². The molecule has 3 N–H and O–H groups in total. The molecule has 7 nitrogen and oxygen atoms in total. The summed E-state index contributed by atoms with van der Waals surface area (Å²) in [5.74, 6) is -0.937. The number of nitrogens with one attached hydrogen (secondary N) is 1. The van der Waals surface area contributed by atoms with Crippen LogP contribution in [0.2, 0.25) is 0 Å². The molecule has 9 heteroatoms. The maximum absolute atomic E-state index is 13.3. The van der Waals surface area contributed by atoms with Crippen molar-refractivity contribution in [3.05, 3.63) is 69.3 Å². The van der Waals surface area contributed by atoms with Crippen LogP contribution in [-0.4, -0.2) is 15.8 Å². The number of carbonyl (C=O) groups excluding carboxylic acids is 1. The molecule has 0 saturated heterocycles. The Bertz CT molecular complexity index is 974. The second-order valence-corrected chi connectivity index (χ2v) is 5.89. The minimum absolute atomic E-state index is 0.0239. The quantitative estimate of drug-likeness (QED) is 0.420. The van der Waals surface area contributed by atoms with Crippen molar-refractivity contribution in [2.24, 2.45) is 0 Å². The number of hydrogen-bond donors (Lipinski definition) is 2. The number of nitrogens with two attached hydrogens (primary N) is 1. The maximum atomic E-state index is 13.3. The number of aromatic nitrogens is 1. The van der Waals surface area contributed by atoms with Crippen LogP contribution in [0.25, 0.3) is 11.3 Å². The van der Waals surface area contributed by atoms with Gasteiger partial charge in [-0.3, -0.25) is 20.2 Å². The number of nitro benzene ring substituents is 1. The van der Waals surface area contributed by atoms with E-state index in [0.29, 0.717) is 16.4 Å². The molecule has 3 rings (SSSR count). The lowest BCUT2D eigenvalue weighted by atomic mass is 10.1. The number of halogens is 1. The molecule has 0 aliphatic heterocycles. The zero-order chi connectivity index (χ0) is 18.0. The molecule has 0 saturated carbocycles. The zero-order valence-electron chi connectivity index (χ0n) is 12.6. The highest BCUT2D eigenvalue weighted by atomic mass is 32.1. The van der Waals surface area contributed by atoms with E-state index in [2.05, 4.69) is 10.3 Å². The fourth-order valence-corrected chi connectivity index (χ4v) is 2.84. The van der Waals surface area contributed by atoms with Gasteiger partial charge in [0, 0.05) is 22.6 Å². The molecule has 1 amide bonds. The summed E-state index contributed by atoms with van der Waals surface area (Å²) in [5.41, 5.74) is 6.33. The Balaban J connectivity index is 1.80. The van der Waals surface area contributed by atoms with E-state index in [1.54, 1.807) is 17.5 Å². The van der Waals surface area contributed by atoms with Crippen molar-refractivity contribution in [2.75, 3.05) is 11.1 Å². The van der Waals surface area contributed by atoms with Crippen LogP contribution in [0.4, 0.5) is 20.9 Å². The van der Waals surface area contributed by atoms with E-state index in [9.17, 15) is 19.3 Å². The second kappa shape index (κ2) is 6.65. The summed E-state index contributed by atoms with van der Waals surface area (Å²) in [4.78, 5) is 26.7. The summed E-state index contributed by atoms with van der Waals surface area (Å²) in [7, 11) is 0. The molecule has 0 bridgehead atoms. The Kier molecular flexibility index (Phi) is 4.40. The number of anilines is 2. The lowest BCUT2D eigenvalue weighted by Gasteiger charge is -2.03. The molecule has 1 heterocycles. The van der Waals surface area contributed by atoms with E-state index >= 15 is 0 Å². The molecule has 0 fully saturated rings. The highest BCUT2D eigenvalue weighted by Crippen LogP contribution is 2.27. The number of carbonyl (C=O) groups is 1. The summed E-state index contributed by atoms with van der Waals surface area (Å²) in [5, 5.41) is 15.4. The van der Waals surface area contributed by atoms with Gasteiger partial charge in [0.1, 0.15) is 11.5 Å². The molecule has 25 heavy (non-hydrogen) atoms.